The predicted octanol–water partition coefficient (Wildman–Crippen LogP) is 5.10. The Morgan fingerprint density at radius 2 is 1.91 bits per heavy atom. The number of esters is 1. The lowest BCUT2D eigenvalue weighted by molar-refractivity contribution is -0.129. The molecule has 0 atom stereocenters. The Morgan fingerprint density at radius 1 is 1.14 bits per heavy atom. The minimum Gasteiger partial charge on any atom is -0.402 e. The molecule has 1 aliphatic heterocycles. The summed E-state index contributed by atoms with van der Waals surface area (Å²) in [6, 6.07) is 12.6. The van der Waals surface area contributed by atoms with Crippen LogP contribution in [0.5, 0.6) is 0 Å². The number of carbonyl (C=O) groups excluding carboxylic acids is 1. The van der Waals surface area contributed by atoms with Gasteiger partial charge in [-0.05, 0) is 35.9 Å². The van der Waals surface area contributed by atoms with Crippen LogP contribution in [-0.2, 0) is 9.53 Å². The molecule has 6 heteroatoms. The second-order valence-corrected chi connectivity index (χ2v) is 6.19. The number of aliphatic imine (C=N–C) groups is 1. The van der Waals surface area contributed by atoms with E-state index in [0.717, 1.165) is 10.0 Å². The molecule has 0 fully saturated rings. The number of cyclic esters (lactones) is 1. The van der Waals surface area contributed by atoms with Gasteiger partial charge in [0.15, 0.2) is 5.70 Å². The van der Waals surface area contributed by atoms with E-state index in [1.54, 1.807) is 24.3 Å². The molecule has 1 aliphatic rings. The van der Waals surface area contributed by atoms with E-state index in [4.69, 9.17) is 27.9 Å². The van der Waals surface area contributed by atoms with Gasteiger partial charge >= 0.3 is 5.97 Å². The number of hydrogen-bond acceptors (Lipinski definition) is 3. The van der Waals surface area contributed by atoms with Crippen LogP contribution in [0.3, 0.4) is 0 Å². The number of halogens is 3. The van der Waals surface area contributed by atoms with Gasteiger partial charge in [0.1, 0.15) is 0 Å². The monoisotopic (exact) mass is 395 g/mol. The number of hydrogen-bond donors (Lipinski definition) is 0. The molecule has 0 saturated carbocycles. The summed E-state index contributed by atoms with van der Waals surface area (Å²) in [4.78, 5) is 16.2. The van der Waals surface area contributed by atoms with Crippen molar-refractivity contribution in [2.24, 2.45) is 4.99 Å². The fourth-order valence-electron chi connectivity index (χ4n) is 1.95. The molecule has 3 rings (SSSR count). The van der Waals surface area contributed by atoms with Crippen LogP contribution in [0.4, 0.5) is 0 Å². The predicted molar refractivity (Wildman–Crippen MR) is 91.2 cm³/mol. The lowest BCUT2D eigenvalue weighted by Gasteiger charge is -2.03. The van der Waals surface area contributed by atoms with E-state index in [2.05, 4.69) is 20.9 Å². The quantitative estimate of drug-likeness (QED) is 0.523. The van der Waals surface area contributed by atoms with Crippen LogP contribution in [0, 0.1) is 0 Å². The SMILES string of the molecule is O=C1OC(c2cccc(Cl)c2Cl)=N/C1=C/c1cccc(Br)c1. The van der Waals surface area contributed by atoms with Crippen molar-refractivity contribution in [3.05, 3.63) is 73.8 Å². The first-order valence-corrected chi connectivity index (χ1v) is 7.82. The van der Waals surface area contributed by atoms with Crippen molar-refractivity contribution in [1.29, 1.82) is 0 Å². The highest BCUT2D eigenvalue weighted by molar-refractivity contribution is 9.10. The van der Waals surface area contributed by atoms with Crippen molar-refractivity contribution < 1.29 is 9.53 Å². The second-order valence-electron chi connectivity index (χ2n) is 4.49. The fraction of sp³-hybridized carbons (Fsp3) is 0. The number of nitrogens with zero attached hydrogens (tertiary/aromatic N) is 1. The molecule has 0 bridgehead atoms. The highest BCUT2D eigenvalue weighted by atomic mass is 79.9. The average Bonchev–Trinajstić information content (AvgIpc) is 2.83. The van der Waals surface area contributed by atoms with Crippen LogP contribution in [0.2, 0.25) is 10.0 Å². The molecule has 110 valence electrons. The largest absolute Gasteiger partial charge is 0.402 e. The number of carbonyl (C=O) groups is 1. The van der Waals surface area contributed by atoms with E-state index in [-0.39, 0.29) is 11.6 Å². The molecule has 0 spiro atoms. The van der Waals surface area contributed by atoms with Gasteiger partial charge in [0, 0.05) is 4.47 Å². The van der Waals surface area contributed by atoms with Crippen LogP contribution in [0.1, 0.15) is 11.1 Å². The molecule has 0 aliphatic carbocycles. The zero-order chi connectivity index (χ0) is 15.7. The summed E-state index contributed by atoms with van der Waals surface area (Å²) >= 11 is 15.5. The molecule has 0 N–H and O–H groups in total. The Kier molecular flexibility index (Phi) is 4.34. The van der Waals surface area contributed by atoms with Crippen LogP contribution in [0.25, 0.3) is 6.08 Å². The number of rotatable bonds is 2. The van der Waals surface area contributed by atoms with E-state index in [1.807, 2.05) is 24.3 Å². The molecule has 3 nitrogen and oxygen atoms in total. The first-order valence-electron chi connectivity index (χ1n) is 6.27. The third kappa shape index (κ3) is 3.09. The summed E-state index contributed by atoms with van der Waals surface area (Å²) in [5.74, 6) is -0.371. The molecular weight excluding hydrogens is 389 g/mol. The Hall–Kier alpha value is -1.62. The molecule has 2 aromatic rings. The first kappa shape index (κ1) is 15.3. The van der Waals surface area contributed by atoms with E-state index in [0.29, 0.717) is 15.6 Å². The topological polar surface area (TPSA) is 38.7 Å². The van der Waals surface area contributed by atoms with Gasteiger partial charge in [0.05, 0.1) is 15.6 Å². The summed E-state index contributed by atoms with van der Waals surface area (Å²) < 4.78 is 6.10. The van der Waals surface area contributed by atoms with Gasteiger partial charge in [-0.3, -0.25) is 0 Å². The molecule has 0 amide bonds. The van der Waals surface area contributed by atoms with Gasteiger partial charge in [-0.25, -0.2) is 9.79 Å². The standard InChI is InChI=1S/C16H8BrCl2NO2/c17-10-4-1-3-9(7-10)8-13-16(21)22-15(20-13)11-5-2-6-12(18)14(11)19/h1-8H/b13-8+. The number of benzene rings is 2. The zero-order valence-electron chi connectivity index (χ0n) is 11.0. The Morgan fingerprint density at radius 3 is 2.68 bits per heavy atom. The molecule has 0 saturated heterocycles. The smallest absolute Gasteiger partial charge is 0.363 e. The highest BCUT2D eigenvalue weighted by Gasteiger charge is 2.26. The third-order valence-corrected chi connectivity index (χ3v) is 4.27. The maximum absolute atomic E-state index is 12.0. The van der Waals surface area contributed by atoms with Crippen LogP contribution in [-0.4, -0.2) is 11.9 Å². The van der Waals surface area contributed by atoms with Gasteiger partial charge in [0.25, 0.3) is 0 Å². The Bertz CT molecular complexity index is 831. The fourth-order valence-corrected chi connectivity index (χ4v) is 2.75. The molecular formula is C16H8BrCl2NO2. The van der Waals surface area contributed by atoms with Crippen LogP contribution >= 0.6 is 39.1 Å². The second kappa shape index (κ2) is 6.24. The summed E-state index contributed by atoms with van der Waals surface area (Å²) in [5, 5.41) is 0.682. The number of ether oxygens (including phenoxy) is 1. The zero-order valence-corrected chi connectivity index (χ0v) is 14.1. The molecule has 2 aromatic carbocycles. The van der Waals surface area contributed by atoms with Crippen LogP contribution in [0.15, 0.2) is 57.6 Å². The minimum atomic E-state index is -0.522. The first-order chi connectivity index (χ1) is 10.5. The minimum absolute atomic E-state index is 0.152. The van der Waals surface area contributed by atoms with Crippen molar-refractivity contribution in [3.63, 3.8) is 0 Å². The van der Waals surface area contributed by atoms with Gasteiger partial charge in [-0.2, -0.15) is 0 Å². The summed E-state index contributed by atoms with van der Waals surface area (Å²) in [5.41, 5.74) is 1.54. The Labute approximate surface area is 145 Å². The average molecular weight is 397 g/mol. The maximum Gasteiger partial charge on any atom is 0.363 e. The van der Waals surface area contributed by atoms with Crippen molar-refractivity contribution in [1.82, 2.24) is 0 Å². The lowest BCUT2D eigenvalue weighted by atomic mass is 10.2. The van der Waals surface area contributed by atoms with Crippen molar-refractivity contribution in [2.75, 3.05) is 0 Å². The molecule has 22 heavy (non-hydrogen) atoms. The summed E-state index contributed by atoms with van der Waals surface area (Å²) in [7, 11) is 0. The Balaban J connectivity index is 2.00. The van der Waals surface area contributed by atoms with E-state index in [1.165, 1.54) is 0 Å². The van der Waals surface area contributed by atoms with E-state index < -0.39 is 5.97 Å². The summed E-state index contributed by atoms with van der Waals surface area (Å²) in [6.45, 7) is 0. The van der Waals surface area contributed by atoms with Gasteiger partial charge in [-0.15, -0.1) is 0 Å². The molecule has 1 heterocycles. The van der Waals surface area contributed by atoms with Crippen molar-refractivity contribution >= 4 is 57.1 Å². The van der Waals surface area contributed by atoms with Gasteiger partial charge in [0.2, 0.25) is 5.90 Å². The van der Waals surface area contributed by atoms with E-state index >= 15 is 0 Å². The van der Waals surface area contributed by atoms with Gasteiger partial charge in [-0.1, -0.05) is 57.3 Å². The molecule has 0 radical (unpaired) electrons. The van der Waals surface area contributed by atoms with Crippen molar-refractivity contribution in [2.45, 2.75) is 0 Å². The maximum atomic E-state index is 12.0. The van der Waals surface area contributed by atoms with Gasteiger partial charge < -0.3 is 4.74 Å². The third-order valence-electron chi connectivity index (χ3n) is 2.95. The molecule has 0 aromatic heterocycles. The van der Waals surface area contributed by atoms with E-state index in [9.17, 15) is 4.79 Å². The summed E-state index contributed by atoms with van der Waals surface area (Å²) in [6.07, 6.45) is 1.65. The highest BCUT2D eigenvalue weighted by Crippen LogP contribution is 2.29. The molecule has 0 unspecified atom stereocenters. The van der Waals surface area contributed by atoms with Crippen LogP contribution < -0.4 is 0 Å². The normalized spacial score (nSPS) is 15.9. The van der Waals surface area contributed by atoms with Crippen molar-refractivity contribution in [3.8, 4) is 0 Å². The lowest BCUT2D eigenvalue weighted by Crippen LogP contribution is -2.06.